The number of hydrogen-bond donors (Lipinski definition) is 1. The molecule has 0 atom stereocenters. The summed E-state index contributed by atoms with van der Waals surface area (Å²) in [4.78, 5) is 16.8. The predicted octanol–water partition coefficient (Wildman–Crippen LogP) is 5.04. The van der Waals surface area contributed by atoms with Crippen molar-refractivity contribution >= 4 is 39.8 Å². The lowest BCUT2D eigenvalue weighted by Crippen LogP contribution is -2.35. The number of hydrogen-bond acceptors (Lipinski definition) is 4. The standard InChI is InChI=1S/C22H22FN5OS/c1-4-5-10-19-26-28-20(24)16(21(29)25-22(28)30-19)12-15-11-13(2)27(14(15)3)18-9-7-6-8-17(18)23/h6-9,11-12,24H,4-5,10H2,1-3H3/b16-12-,24-20?. The fourth-order valence-electron chi connectivity index (χ4n) is 3.55. The third kappa shape index (κ3) is 3.52. The van der Waals surface area contributed by atoms with Crippen LogP contribution in [-0.4, -0.2) is 31.5 Å². The maximum absolute atomic E-state index is 14.3. The Hall–Kier alpha value is -3.00. The van der Waals surface area contributed by atoms with Gasteiger partial charge in [-0.1, -0.05) is 25.5 Å². The van der Waals surface area contributed by atoms with Crippen LogP contribution >= 0.6 is 11.8 Å². The van der Waals surface area contributed by atoms with Crippen molar-refractivity contribution in [2.45, 2.75) is 40.0 Å². The van der Waals surface area contributed by atoms with Crippen molar-refractivity contribution in [3.8, 4) is 5.69 Å². The number of hydrazone groups is 1. The molecule has 4 rings (SSSR count). The van der Waals surface area contributed by atoms with Crippen molar-refractivity contribution in [1.82, 2.24) is 9.58 Å². The maximum atomic E-state index is 14.3. The average Bonchev–Trinajstić information content (AvgIpc) is 3.24. The molecular weight excluding hydrogens is 401 g/mol. The quantitative estimate of drug-likeness (QED) is 0.685. The zero-order valence-electron chi connectivity index (χ0n) is 17.1. The van der Waals surface area contributed by atoms with Gasteiger partial charge in [0.1, 0.15) is 10.9 Å². The highest BCUT2D eigenvalue weighted by Gasteiger charge is 2.35. The van der Waals surface area contributed by atoms with E-state index >= 15 is 0 Å². The molecule has 1 aromatic heterocycles. The summed E-state index contributed by atoms with van der Waals surface area (Å²) in [5.41, 5.74) is 2.98. The first-order valence-electron chi connectivity index (χ1n) is 9.83. The topological polar surface area (TPSA) is 73.8 Å². The van der Waals surface area contributed by atoms with Crippen LogP contribution < -0.4 is 0 Å². The van der Waals surface area contributed by atoms with Crippen LogP contribution in [0.25, 0.3) is 11.8 Å². The van der Waals surface area contributed by atoms with Gasteiger partial charge in [0.05, 0.1) is 11.3 Å². The van der Waals surface area contributed by atoms with Crippen LogP contribution in [-0.2, 0) is 4.79 Å². The van der Waals surface area contributed by atoms with Crippen LogP contribution in [0.5, 0.6) is 0 Å². The monoisotopic (exact) mass is 423 g/mol. The highest BCUT2D eigenvalue weighted by Crippen LogP contribution is 2.31. The van der Waals surface area contributed by atoms with E-state index in [1.54, 1.807) is 28.8 Å². The molecule has 0 bridgehead atoms. The van der Waals surface area contributed by atoms with Gasteiger partial charge in [-0.3, -0.25) is 10.2 Å². The second kappa shape index (κ2) is 8.02. The lowest BCUT2D eigenvalue weighted by Gasteiger charge is -2.20. The highest BCUT2D eigenvalue weighted by molar-refractivity contribution is 8.26. The molecule has 0 aliphatic carbocycles. The molecule has 3 heterocycles. The molecule has 1 N–H and O–H groups in total. The second-order valence-electron chi connectivity index (χ2n) is 7.23. The Morgan fingerprint density at radius 1 is 1.27 bits per heavy atom. The molecule has 0 fully saturated rings. The number of carbonyl (C=O) groups excluding carboxylic acids is 1. The minimum Gasteiger partial charge on any atom is -0.315 e. The summed E-state index contributed by atoms with van der Waals surface area (Å²) in [5, 5.41) is 15.7. The molecule has 154 valence electrons. The number of amides is 1. The van der Waals surface area contributed by atoms with Crippen molar-refractivity contribution in [2.24, 2.45) is 10.1 Å². The highest BCUT2D eigenvalue weighted by atomic mass is 32.2. The van der Waals surface area contributed by atoms with E-state index in [1.165, 1.54) is 22.8 Å². The summed E-state index contributed by atoms with van der Waals surface area (Å²) >= 11 is 1.35. The number of para-hydroxylation sites is 1. The number of amidine groups is 2. The SMILES string of the molecule is CCCCC1=NN2C(=N)/C(=C/c3cc(C)n(-c4ccccc4F)c3C)C(=O)N=C2S1. The first kappa shape index (κ1) is 20.3. The number of aliphatic imine (C=N–C) groups is 1. The van der Waals surface area contributed by atoms with Gasteiger partial charge < -0.3 is 4.57 Å². The Morgan fingerprint density at radius 2 is 2.03 bits per heavy atom. The van der Waals surface area contributed by atoms with Crippen LogP contribution in [0.4, 0.5) is 4.39 Å². The van der Waals surface area contributed by atoms with Crippen LogP contribution in [0.15, 0.2) is 46.0 Å². The zero-order chi connectivity index (χ0) is 21.4. The summed E-state index contributed by atoms with van der Waals surface area (Å²) in [6.07, 6.45) is 4.50. The van der Waals surface area contributed by atoms with Crippen LogP contribution in [0, 0.1) is 25.1 Å². The van der Waals surface area contributed by atoms with Gasteiger partial charge in [0, 0.05) is 11.4 Å². The minimum absolute atomic E-state index is 0.0136. The number of unbranched alkanes of at least 4 members (excludes halogenated alkanes) is 1. The molecule has 0 unspecified atom stereocenters. The Labute approximate surface area is 178 Å². The number of halogens is 1. The summed E-state index contributed by atoms with van der Waals surface area (Å²) < 4.78 is 16.1. The molecular formula is C22H22FN5OS. The first-order chi connectivity index (χ1) is 14.4. The number of benzene rings is 1. The fourth-order valence-corrected chi connectivity index (χ4v) is 4.48. The molecule has 30 heavy (non-hydrogen) atoms. The van der Waals surface area contributed by atoms with Gasteiger partial charge in [-0.05, 0) is 68.3 Å². The smallest absolute Gasteiger partial charge is 0.283 e. The Morgan fingerprint density at radius 3 is 2.77 bits per heavy atom. The number of nitrogens with one attached hydrogen (secondary N) is 1. The van der Waals surface area contributed by atoms with Crippen molar-refractivity contribution in [3.63, 3.8) is 0 Å². The minimum atomic E-state index is -0.457. The lowest BCUT2D eigenvalue weighted by molar-refractivity contribution is -0.114. The van der Waals surface area contributed by atoms with Gasteiger partial charge in [0.25, 0.3) is 5.91 Å². The molecule has 6 nitrogen and oxygen atoms in total. The molecule has 0 spiro atoms. The molecule has 1 aromatic carbocycles. The van der Waals surface area contributed by atoms with E-state index in [1.807, 2.05) is 19.9 Å². The van der Waals surface area contributed by atoms with E-state index in [0.29, 0.717) is 10.9 Å². The molecule has 0 saturated heterocycles. The van der Waals surface area contributed by atoms with Crippen LogP contribution in [0.1, 0.15) is 43.1 Å². The number of fused-ring (bicyclic) bond motifs is 1. The van der Waals surface area contributed by atoms with Crippen molar-refractivity contribution in [1.29, 1.82) is 5.41 Å². The number of nitrogens with zero attached hydrogens (tertiary/aromatic N) is 4. The lowest BCUT2D eigenvalue weighted by atomic mass is 10.1. The van der Waals surface area contributed by atoms with E-state index < -0.39 is 5.91 Å². The van der Waals surface area contributed by atoms with Crippen molar-refractivity contribution in [2.75, 3.05) is 0 Å². The second-order valence-corrected chi connectivity index (χ2v) is 8.27. The van der Waals surface area contributed by atoms with Gasteiger partial charge in [-0.15, -0.1) is 0 Å². The summed E-state index contributed by atoms with van der Waals surface area (Å²) in [7, 11) is 0. The number of carbonyl (C=O) groups is 1. The molecule has 1 amide bonds. The fraction of sp³-hybridized carbons (Fsp3) is 0.273. The van der Waals surface area contributed by atoms with E-state index in [9.17, 15) is 9.18 Å². The van der Waals surface area contributed by atoms with Gasteiger partial charge in [0.2, 0.25) is 5.17 Å². The third-order valence-electron chi connectivity index (χ3n) is 5.10. The van der Waals surface area contributed by atoms with Crippen molar-refractivity contribution < 1.29 is 9.18 Å². The number of thioether (sulfide) groups is 1. The van der Waals surface area contributed by atoms with Crippen molar-refractivity contribution in [3.05, 3.63) is 58.7 Å². The Kier molecular flexibility index (Phi) is 5.42. The van der Waals surface area contributed by atoms with Crippen LogP contribution in [0.2, 0.25) is 0 Å². The van der Waals surface area contributed by atoms with Gasteiger partial charge in [-0.25, -0.2) is 4.39 Å². The zero-order valence-corrected chi connectivity index (χ0v) is 17.9. The van der Waals surface area contributed by atoms with E-state index in [2.05, 4.69) is 17.0 Å². The Bertz CT molecular complexity index is 1140. The number of aromatic nitrogens is 1. The van der Waals surface area contributed by atoms with E-state index in [-0.39, 0.29) is 17.2 Å². The third-order valence-corrected chi connectivity index (χ3v) is 6.07. The first-order valence-corrected chi connectivity index (χ1v) is 10.6. The normalized spacial score (nSPS) is 17.5. The number of aryl methyl sites for hydroxylation is 1. The molecule has 2 aromatic rings. The predicted molar refractivity (Wildman–Crippen MR) is 120 cm³/mol. The van der Waals surface area contributed by atoms with Gasteiger partial charge in [-0.2, -0.15) is 15.1 Å². The largest absolute Gasteiger partial charge is 0.315 e. The van der Waals surface area contributed by atoms with Gasteiger partial charge >= 0.3 is 0 Å². The summed E-state index contributed by atoms with van der Waals surface area (Å²) in [6.45, 7) is 5.85. The molecule has 8 heteroatoms. The van der Waals surface area contributed by atoms with Crippen LogP contribution in [0.3, 0.4) is 0 Å². The summed E-state index contributed by atoms with van der Waals surface area (Å²) in [5.74, 6) is -0.765. The average molecular weight is 424 g/mol. The molecule has 0 radical (unpaired) electrons. The van der Waals surface area contributed by atoms with E-state index in [0.717, 1.165) is 41.3 Å². The maximum Gasteiger partial charge on any atom is 0.283 e. The molecule has 2 aliphatic heterocycles. The summed E-state index contributed by atoms with van der Waals surface area (Å²) in [6, 6.07) is 8.44. The Balaban J connectivity index is 1.70. The molecule has 0 saturated carbocycles. The molecule has 2 aliphatic rings. The van der Waals surface area contributed by atoms with E-state index in [4.69, 9.17) is 5.41 Å². The van der Waals surface area contributed by atoms with Gasteiger partial charge in [0.15, 0.2) is 5.84 Å². The number of rotatable bonds is 5.